The second kappa shape index (κ2) is 9.48. The molecule has 0 bridgehead atoms. The summed E-state index contributed by atoms with van der Waals surface area (Å²) in [5.41, 5.74) is 0. The highest BCUT2D eigenvalue weighted by atomic mass is 16.5. The molecule has 2 rings (SSSR count). The van der Waals surface area contributed by atoms with E-state index < -0.39 is 6.10 Å². The van der Waals surface area contributed by atoms with E-state index in [0.29, 0.717) is 32.4 Å². The van der Waals surface area contributed by atoms with Gasteiger partial charge in [0.2, 0.25) is 0 Å². The maximum Gasteiger partial charge on any atom is 0.310 e. The summed E-state index contributed by atoms with van der Waals surface area (Å²) in [6, 6.07) is 0. The van der Waals surface area contributed by atoms with Crippen LogP contribution in [-0.4, -0.2) is 61.0 Å². The monoisotopic (exact) mass is 313 g/mol. The normalized spacial score (nSPS) is 25.8. The maximum atomic E-state index is 11.8. The third-order valence-electron chi connectivity index (χ3n) is 4.67. The van der Waals surface area contributed by atoms with Crippen LogP contribution in [0.5, 0.6) is 0 Å². The quantitative estimate of drug-likeness (QED) is 0.728. The molecule has 2 aliphatic rings. The van der Waals surface area contributed by atoms with Crippen molar-refractivity contribution in [1.82, 2.24) is 4.90 Å². The summed E-state index contributed by atoms with van der Waals surface area (Å²) in [6.45, 7) is 4.90. The highest BCUT2D eigenvalue weighted by Gasteiger charge is 2.28. The average molecular weight is 313 g/mol. The number of carbonyl (C=O) groups is 1. The van der Waals surface area contributed by atoms with Crippen LogP contribution in [0.25, 0.3) is 0 Å². The summed E-state index contributed by atoms with van der Waals surface area (Å²) in [6.07, 6.45) is 7.79. The maximum absolute atomic E-state index is 11.8. The number of aliphatic hydroxyl groups excluding tert-OH is 1. The van der Waals surface area contributed by atoms with Gasteiger partial charge >= 0.3 is 5.97 Å². The van der Waals surface area contributed by atoms with Gasteiger partial charge in [0.05, 0.1) is 31.3 Å². The molecule has 0 aromatic rings. The van der Waals surface area contributed by atoms with Crippen molar-refractivity contribution in [2.24, 2.45) is 5.92 Å². The van der Waals surface area contributed by atoms with Crippen LogP contribution < -0.4 is 0 Å². The third-order valence-corrected chi connectivity index (χ3v) is 4.67. The predicted octanol–water partition coefficient (Wildman–Crippen LogP) is 1.97. The van der Waals surface area contributed by atoms with Gasteiger partial charge in [-0.3, -0.25) is 9.69 Å². The number of hydrogen-bond donors (Lipinski definition) is 1. The molecular formula is C17H31NO4. The van der Waals surface area contributed by atoms with E-state index in [2.05, 4.69) is 4.90 Å². The van der Waals surface area contributed by atoms with Crippen LogP contribution in [-0.2, 0) is 14.3 Å². The lowest BCUT2D eigenvalue weighted by atomic mass is 9.97. The molecule has 0 aromatic heterocycles. The highest BCUT2D eigenvalue weighted by molar-refractivity contribution is 5.72. The summed E-state index contributed by atoms with van der Waals surface area (Å²) in [5.74, 6) is -0.139. The van der Waals surface area contributed by atoms with Crippen molar-refractivity contribution >= 4 is 5.97 Å². The van der Waals surface area contributed by atoms with Gasteiger partial charge in [-0.1, -0.05) is 19.3 Å². The van der Waals surface area contributed by atoms with Crippen LogP contribution in [0.2, 0.25) is 0 Å². The van der Waals surface area contributed by atoms with Crippen molar-refractivity contribution < 1.29 is 19.4 Å². The zero-order valence-electron chi connectivity index (χ0n) is 13.8. The van der Waals surface area contributed by atoms with E-state index in [9.17, 15) is 9.90 Å². The van der Waals surface area contributed by atoms with E-state index in [0.717, 1.165) is 32.2 Å². The molecule has 0 radical (unpaired) electrons. The topological polar surface area (TPSA) is 59.0 Å². The van der Waals surface area contributed by atoms with E-state index in [4.69, 9.17) is 9.47 Å². The molecule has 2 fully saturated rings. The molecule has 1 aliphatic carbocycles. The fourth-order valence-corrected chi connectivity index (χ4v) is 3.50. The first-order valence-corrected chi connectivity index (χ1v) is 8.87. The Hall–Kier alpha value is -0.650. The van der Waals surface area contributed by atoms with Gasteiger partial charge in [-0.2, -0.15) is 0 Å². The molecule has 22 heavy (non-hydrogen) atoms. The lowest BCUT2D eigenvalue weighted by molar-refractivity contribution is -0.150. The molecule has 1 saturated heterocycles. The van der Waals surface area contributed by atoms with E-state index >= 15 is 0 Å². The average Bonchev–Trinajstić information content (AvgIpc) is 2.54. The van der Waals surface area contributed by atoms with Gasteiger partial charge < -0.3 is 14.6 Å². The first kappa shape index (κ1) is 17.7. The summed E-state index contributed by atoms with van der Waals surface area (Å²) in [4.78, 5) is 14.0. The number of aliphatic hydroxyl groups is 1. The zero-order chi connectivity index (χ0) is 15.8. The largest absolute Gasteiger partial charge is 0.466 e. The Balaban J connectivity index is 1.66. The number of β-amino-alcohol motifs (C(OH)–C–C–N with tert-alkyl or cyclic N) is 1. The van der Waals surface area contributed by atoms with Crippen LogP contribution >= 0.6 is 0 Å². The fraction of sp³-hybridized carbons (Fsp3) is 0.941. The van der Waals surface area contributed by atoms with Crippen LogP contribution in [0.3, 0.4) is 0 Å². The Morgan fingerprint density at radius 2 is 2.00 bits per heavy atom. The summed E-state index contributed by atoms with van der Waals surface area (Å²) < 4.78 is 10.9. The first-order valence-electron chi connectivity index (χ1n) is 8.87. The molecule has 0 unspecified atom stereocenters. The van der Waals surface area contributed by atoms with Gasteiger partial charge in [-0.05, 0) is 39.2 Å². The minimum Gasteiger partial charge on any atom is -0.466 e. The Bertz CT molecular complexity index is 331. The molecule has 2 atom stereocenters. The van der Waals surface area contributed by atoms with E-state index in [1.807, 2.05) is 6.92 Å². The van der Waals surface area contributed by atoms with Crippen molar-refractivity contribution in [1.29, 1.82) is 0 Å². The standard InChI is InChI=1S/C17H31NO4/c1-2-21-17(20)14-7-6-10-18(11-14)12-15(19)13-22-16-8-4-3-5-9-16/h14-16,19H,2-13H2,1H3/t14-,15+/m1/s1. The minimum absolute atomic E-state index is 0.0415. The van der Waals surface area contributed by atoms with Crippen molar-refractivity contribution in [2.45, 2.75) is 64.1 Å². The second-order valence-electron chi connectivity index (χ2n) is 6.60. The first-order chi connectivity index (χ1) is 10.7. The lowest BCUT2D eigenvalue weighted by Gasteiger charge is -2.33. The molecule has 5 heteroatoms. The van der Waals surface area contributed by atoms with Gasteiger partial charge in [0, 0.05) is 13.1 Å². The lowest BCUT2D eigenvalue weighted by Crippen LogP contribution is -2.44. The zero-order valence-corrected chi connectivity index (χ0v) is 13.8. The molecule has 5 nitrogen and oxygen atoms in total. The van der Waals surface area contributed by atoms with Crippen LogP contribution in [0.1, 0.15) is 51.9 Å². The fourth-order valence-electron chi connectivity index (χ4n) is 3.50. The Morgan fingerprint density at radius 3 is 2.73 bits per heavy atom. The molecule has 0 amide bonds. The number of hydrogen-bond acceptors (Lipinski definition) is 5. The molecule has 1 aliphatic heterocycles. The molecule has 1 saturated carbocycles. The minimum atomic E-state index is -0.470. The van der Waals surface area contributed by atoms with Crippen LogP contribution in [0, 0.1) is 5.92 Å². The van der Waals surface area contributed by atoms with E-state index in [1.165, 1.54) is 19.3 Å². The highest BCUT2D eigenvalue weighted by Crippen LogP contribution is 2.21. The summed E-state index contributed by atoms with van der Waals surface area (Å²) in [7, 11) is 0. The predicted molar refractivity (Wildman–Crippen MR) is 84.6 cm³/mol. The summed E-state index contributed by atoms with van der Waals surface area (Å²) in [5, 5.41) is 10.2. The van der Waals surface area contributed by atoms with Gasteiger partial charge in [0.25, 0.3) is 0 Å². The van der Waals surface area contributed by atoms with E-state index in [-0.39, 0.29) is 11.9 Å². The number of rotatable bonds is 7. The van der Waals surface area contributed by atoms with Gasteiger partial charge in [0.1, 0.15) is 0 Å². The molecule has 128 valence electrons. The third kappa shape index (κ3) is 5.86. The summed E-state index contributed by atoms with van der Waals surface area (Å²) >= 11 is 0. The molecule has 1 heterocycles. The smallest absolute Gasteiger partial charge is 0.310 e. The number of likely N-dealkylation sites (tertiary alicyclic amines) is 1. The SMILES string of the molecule is CCOC(=O)[C@@H]1CCCN(C[C@H](O)COC2CCCCC2)C1. The van der Waals surface area contributed by atoms with Crippen LogP contribution in [0.15, 0.2) is 0 Å². The second-order valence-corrected chi connectivity index (χ2v) is 6.60. The number of ether oxygens (including phenoxy) is 2. The van der Waals surface area contributed by atoms with Crippen molar-refractivity contribution in [3.05, 3.63) is 0 Å². The number of nitrogens with zero attached hydrogens (tertiary/aromatic N) is 1. The Morgan fingerprint density at radius 1 is 1.23 bits per heavy atom. The van der Waals surface area contributed by atoms with Crippen molar-refractivity contribution in [3.63, 3.8) is 0 Å². The Labute approximate surface area is 134 Å². The number of piperidine rings is 1. The van der Waals surface area contributed by atoms with Crippen LogP contribution in [0.4, 0.5) is 0 Å². The molecule has 0 aromatic carbocycles. The molecular weight excluding hydrogens is 282 g/mol. The van der Waals surface area contributed by atoms with Crippen molar-refractivity contribution in [2.75, 3.05) is 32.8 Å². The number of esters is 1. The van der Waals surface area contributed by atoms with E-state index in [1.54, 1.807) is 0 Å². The molecule has 1 N–H and O–H groups in total. The number of carbonyl (C=O) groups excluding carboxylic acids is 1. The van der Waals surface area contributed by atoms with Crippen molar-refractivity contribution in [3.8, 4) is 0 Å². The van der Waals surface area contributed by atoms with Gasteiger partial charge in [-0.15, -0.1) is 0 Å². The Kier molecular flexibility index (Phi) is 7.63. The van der Waals surface area contributed by atoms with Gasteiger partial charge in [0.15, 0.2) is 0 Å². The van der Waals surface area contributed by atoms with Gasteiger partial charge in [-0.25, -0.2) is 0 Å². The molecule has 0 spiro atoms.